The largest absolute Gasteiger partial charge is 0.446 e. The lowest BCUT2D eigenvalue weighted by molar-refractivity contribution is 0.236. The van der Waals surface area contributed by atoms with Crippen LogP contribution in [0, 0.1) is 0 Å². The van der Waals surface area contributed by atoms with Crippen molar-refractivity contribution in [3.63, 3.8) is 0 Å². The van der Waals surface area contributed by atoms with Crippen molar-refractivity contribution in [1.29, 1.82) is 0 Å². The number of furan rings is 1. The first-order chi connectivity index (χ1) is 9.62. The fraction of sp³-hybridized carbons (Fsp3) is 0.286. The van der Waals surface area contributed by atoms with Crippen LogP contribution in [0.15, 0.2) is 52.0 Å². The summed E-state index contributed by atoms with van der Waals surface area (Å²) in [7, 11) is -3.63. The predicted molar refractivity (Wildman–Crippen MR) is 74.6 cm³/mol. The molecular formula is C14H17NO4S. The van der Waals surface area contributed by atoms with E-state index in [0.717, 1.165) is 6.42 Å². The van der Waals surface area contributed by atoms with Crippen LogP contribution in [0.5, 0.6) is 0 Å². The molecule has 1 aromatic heterocycles. The molecule has 1 heterocycles. The summed E-state index contributed by atoms with van der Waals surface area (Å²) in [5, 5.41) is 8.68. The highest BCUT2D eigenvalue weighted by molar-refractivity contribution is 7.89. The lowest BCUT2D eigenvalue weighted by atomic mass is 10.1. The van der Waals surface area contributed by atoms with E-state index >= 15 is 0 Å². The third-order valence-corrected chi connectivity index (χ3v) is 4.17. The highest BCUT2D eigenvalue weighted by Gasteiger charge is 2.17. The SMILES string of the molecule is O=S(=O)(NCCCc1ccccc1)c1ccc(CO)o1. The number of sulfonamides is 1. The van der Waals surface area contributed by atoms with E-state index in [0.29, 0.717) is 13.0 Å². The van der Waals surface area contributed by atoms with Crippen molar-refractivity contribution in [1.82, 2.24) is 4.72 Å². The molecule has 0 saturated heterocycles. The van der Waals surface area contributed by atoms with Gasteiger partial charge in [0.05, 0.1) is 0 Å². The number of aryl methyl sites for hydroxylation is 1. The van der Waals surface area contributed by atoms with Crippen molar-refractivity contribution < 1.29 is 17.9 Å². The summed E-state index contributed by atoms with van der Waals surface area (Å²) in [6.07, 6.45) is 1.51. The van der Waals surface area contributed by atoms with Crippen LogP contribution in [0.25, 0.3) is 0 Å². The first-order valence-electron chi connectivity index (χ1n) is 6.35. The monoisotopic (exact) mass is 295 g/mol. The van der Waals surface area contributed by atoms with Crippen molar-refractivity contribution in [3.05, 3.63) is 53.8 Å². The summed E-state index contributed by atoms with van der Waals surface area (Å²) in [5.41, 5.74) is 1.17. The molecule has 2 rings (SSSR count). The van der Waals surface area contributed by atoms with Gasteiger partial charge in [0.2, 0.25) is 5.09 Å². The van der Waals surface area contributed by atoms with Crippen LogP contribution in [0.3, 0.4) is 0 Å². The summed E-state index contributed by atoms with van der Waals surface area (Å²) < 4.78 is 31.3. The molecule has 108 valence electrons. The van der Waals surface area contributed by atoms with E-state index in [1.54, 1.807) is 0 Å². The average molecular weight is 295 g/mol. The van der Waals surface area contributed by atoms with Gasteiger partial charge in [0, 0.05) is 6.54 Å². The van der Waals surface area contributed by atoms with Gasteiger partial charge >= 0.3 is 0 Å². The maximum Gasteiger partial charge on any atom is 0.273 e. The first kappa shape index (κ1) is 14.8. The molecular weight excluding hydrogens is 278 g/mol. The smallest absolute Gasteiger partial charge is 0.273 e. The van der Waals surface area contributed by atoms with Gasteiger partial charge in [-0.15, -0.1) is 0 Å². The summed E-state index contributed by atoms with van der Waals surface area (Å²) >= 11 is 0. The minimum absolute atomic E-state index is 0.165. The van der Waals surface area contributed by atoms with Gasteiger partial charge in [-0.25, -0.2) is 13.1 Å². The molecule has 0 fully saturated rings. The number of nitrogens with one attached hydrogen (secondary N) is 1. The van der Waals surface area contributed by atoms with Crippen molar-refractivity contribution in [2.45, 2.75) is 24.5 Å². The molecule has 0 amide bonds. The maximum atomic E-state index is 11.9. The molecule has 0 aliphatic heterocycles. The zero-order valence-electron chi connectivity index (χ0n) is 11.0. The second-order valence-corrected chi connectivity index (χ2v) is 6.06. The molecule has 0 saturated carbocycles. The van der Waals surface area contributed by atoms with Gasteiger partial charge in [0.25, 0.3) is 10.0 Å². The van der Waals surface area contributed by atoms with Gasteiger partial charge in [0.15, 0.2) is 0 Å². The van der Waals surface area contributed by atoms with Gasteiger partial charge in [-0.2, -0.15) is 0 Å². The fourth-order valence-electron chi connectivity index (χ4n) is 1.80. The molecule has 0 atom stereocenters. The second-order valence-electron chi connectivity index (χ2n) is 4.37. The molecule has 0 aliphatic rings. The summed E-state index contributed by atoms with van der Waals surface area (Å²) in [6, 6.07) is 12.7. The molecule has 6 heteroatoms. The second kappa shape index (κ2) is 6.69. The van der Waals surface area contributed by atoms with Crippen LogP contribution < -0.4 is 4.72 Å². The zero-order valence-corrected chi connectivity index (χ0v) is 11.8. The summed E-state index contributed by atoms with van der Waals surface area (Å²) in [4.78, 5) is 0. The summed E-state index contributed by atoms with van der Waals surface area (Å²) in [6.45, 7) is 0.0237. The molecule has 0 bridgehead atoms. The minimum atomic E-state index is -3.63. The van der Waals surface area contributed by atoms with Gasteiger partial charge in [-0.1, -0.05) is 30.3 Å². The number of aliphatic hydroxyl groups is 1. The molecule has 5 nitrogen and oxygen atoms in total. The molecule has 0 aliphatic carbocycles. The standard InChI is InChI=1S/C14H17NO4S/c16-11-13-8-9-14(19-13)20(17,18)15-10-4-7-12-5-2-1-3-6-12/h1-3,5-6,8-9,15-16H,4,7,10-11H2. The van der Waals surface area contributed by atoms with E-state index in [9.17, 15) is 8.42 Å². The van der Waals surface area contributed by atoms with Crippen LogP contribution in [0.4, 0.5) is 0 Å². The fourth-order valence-corrected chi connectivity index (χ4v) is 2.82. The Labute approximate surface area is 118 Å². The molecule has 1 aromatic carbocycles. The Morgan fingerprint density at radius 2 is 1.85 bits per heavy atom. The lowest BCUT2D eigenvalue weighted by Crippen LogP contribution is -2.24. The molecule has 0 spiro atoms. The van der Waals surface area contributed by atoms with E-state index in [1.807, 2.05) is 30.3 Å². The average Bonchev–Trinajstić information content (AvgIpc) is 2.95. The van der Waals surface area contributed by atoms with Crippen molar-refractivity contribution >= 4 is 10.0 Å². The Morgan fingerprint density at radius 3 is 2.50 bits per heavy atom. The highest BCUT2D eigenvalue weighted by atomic mass is 32.2. The van der Waals surface area contributed by atoms with E-state index in [1.165, 1.54) is 17.7 Å². The van der Waals surface area contributed by atoms with E-state index in [-0.39, 0.29) is 17.5 Å². The van der Waals surface area contributed by atoms with Gasteiger partial charge in [-0.05, 0) is 30.5 Å². The topological polar surface area (TPSA) is 79.5 Å². The van der Waals surface area contributed by atoms with Crippen LogP contribution in [-0.4, -0.2) is 20.1 Å². The van der Waals surface area contributed by atoms with E-state index in [2.05, 4.69) is 4.72 Å². The number of benzene rings is 1. The van der Waals surface area contributed by atoms with Crippen LogP contribution >= 0.6 is 0 Å². The Morgan fingerprint density at radius 1 is 1.10 bits per heavy atom. The molecule has 20 heavy (non-hydrogen) atoms. The normalized spacial score (nSPS) is 11.7. The molecule has 0 unspecified atom stereocenters. The van der Waals surface area contributed by atoms with Crippen LogP contribution in [0.1, 0.15) is 17.7 Å². The Hall–Kier alpha value is -1.63. The number of hydrogen-bond donors (Lipinski definition) is 2. The predicted octanol–water partition coefficient (Wildman–Crippen LogP) is 1.68. The van der Waals surface area contributed by atoms with Crippen molar-refractivity contribution in [3.8, 4) is 0 Å². The number of rotatable bonds is 7. The maximum absolute atomic E-state index is 11.9. The van der Waals surface area contributed by atoms with Crippen LogP contribution in [0.2, 0.25) is 0 Å². The highest BCUT2D eigenvalue weighted by Crippen LogP contribution is 2.13. The Kier molecular flexibility index (Phi) is 4.94. The lowest BCUT2D eigenvalue weighted by Gasteiger charge is -2.04. The van der Waals surface area contributed by atoms with E-state index in [4.69, 9.17) is 9.52 Å². The molecule has 0 radical (unpaired) electrons. The number of hydrogen-bond acceptors (Lipinski definition) is 4. The zero-order chi connectivity index (χ0) is 14.4. The molecule has 2 aromatic rings. The van der Waals surface area contributed by atoms with Gasteiger partial charge in [0.1, 0.15) is 12.4 Å². The number of aliphatic hydroxyl groups excluding tert-OH is 1. The van der Waals surface area contributed by atoms with Crippen molar-refractivity contribution in [2.24, 2.45) is 0 Å². The first-order valence-corrected chi connectivity index (χ1v) is 7.83. The van der Waals surface area contributed by atoms with Crippen molar-refractivity contribution in [2.75, 3.05) is 6.54 Å². The minimum Gasteiger partial charge on any atom is -0.446 e. The Balaban J connectivity index is 1.84. The van der Waals surface area contributed by atoms with Crippen LogP contribution in [-0.2, 0) is 23.1 Å². The van der Waals surface area contributed by atoms with Gasteiger partial charge in [-0.3, -0.25) is 0 Å². The third kappa shape index (κ3) is 3.93. The Bertz CT molecular complexity index is 634. The summed E-state index contributed by atoms with van der Waals surface area (Å²) in [5.74, 6) is 0.231. The van der Waals surface area contributed by atoms with Gasteiger partial charge < -0.3 is 9.52 Å². The van der Waals surface area contributed by atoms with E-state index < -0.39 is 10.0 Å². The molecule has 2 N–H and O–H groups in total. The third-order valence-electron chi connectivity index (χ3n) is 2.83. The quantitative estimate of drug-likeness (QED) is 0.762.